The zero-order chi connectivity index (χ0) is 35.1. The number of nitrogens with zero attached hydrogens (tertiary/aromatic N) is 4. The molecule has 1 saturated carbocycles. The van der Waals surface area contributed by atoms with Gasteiger partial charge in [-0.3, -0.25) is 4.99 Å². The molecule has 4 heteroatoms. The fourth-order valence-corrected chi connectivity index (χ4v) is 11.7. The highest BCUT2D eigenvalue weighted by molar-refractivity contribution is 6.04. The Morgan fingerprint density at radius 1 is 0.759 bits per heavy atom. The first-order valence-corrected chi connectivity index (χ1v) is 19.9. The fraction of sp³-hybridized carbons (Fsp3) is 0.220. The van der Waals surface area contributed by atoms with Gasteiger partial charge < -0.3 is 14.7 Å². The van der Waals surface area contributed by atoms with Gasteiger partial charge in [-0.05, 0) is 87.4 Å². The maximum Gasteiger partial charge on any atom is 0.133 e. The highest BCUT2D eigenvalue weighted by atomic mass is 15.6. The summed E-state index contributed by atoms with van der Waals surface area (Å²) in [6.45, 7) is 0. The second-order valence-corrected chi connectivity index (χ2v) is 16.6. The van der Waals surface area contributed by atoms with E-state index in [0.717, 1.165) is 12.8 Å². The van der Waals surface area contributed by atoms with Crippen LogP contribution in [0.5, 0.6) is 0 Å². The third-order valence-corrected chi connectivity index (χ3v) is 14.0. The summed E-state index contributed by atoms with van der Waals surface area (Å²) in [6, 6.07) is 46.0. The number of hydrogen-bond donors (Lipinski definition) is 0. The molecule has 260 valence electrons. The van der Waals surface area contributed by atoms with Crippen molar-refractivity contribution in [3.8, 4) is 0 Å². The van der Waals surface area contributed by atoms with Gasteiger partial charge in [-0.15, -0.1) is 0 Å². The van der Waals surface area contributed by atoms with Crippen molar-refractivity contribution in [1.29, 1.82) is 0 Å². The Labute approximate surface area is 315 Å². The number of aliphatic imine (C=N–C) groups is 1. The molecule has 0 bridgehead atoms. The second kappa shape index (κ2) is 10.6. The molecule has 4 aliphatic carbocycles. The van der Waals surface area contributed by atoms with E-state index in [1.54, 1.807) is 0 Å². The van der Waals surface area contributed by atoms with Crippen LogP contribution in [0.3, 0.4) is 0 Å². The van der Waals surface area contributed by atoms with Gasteiger partial charge in [0.15, 0.2) is 0 Å². The van der Waals surface area contributed by atoms with Gasteiger partial charge in [0, 0.05) is 40.4 Å². The molecule has 1 saturated heterocycles. The van der Waals surface area contributed by atoms with E-state index in [9.17, 15) is 0 Å². The quantitative estimate of drug-likeness (QED) is 0.177. The average Bonchev–Trinajstić information content (AvgIpc) is 4.05. The van der Waals surface area contributed by atoms with Crippen LogP contribution in [0.2, 0.25) is 0 Å². The molecule has 5 aromatic rings. The fourth-order valence-electron chi connectivity index (χ4n) is 11.7. The first-order valence-electron chi connectivity index (χ1n) is 19.9. The number of hydrogen-bond acceptors (Lipinski definition) is 4. The van der Waals surface area contributed by atoms with Crippen molar-refractivity contribution >= 4 is 34.4 Å². The SMILES string of the molecule is C1=CN2C(=NC3C(c4ccc5ccccc5c4)c4ccccc4C(C45C=c6ccccc6=CC4C5)C32)C(C2C3N(c4ccccc4)C4=C(CCC=C4)N23)=C1. The summed E-state index contributed by atoms with van der Waals surface area (Å²) in [5.41, 5.74) is 9.90. The lowest BCUT2D eigenvalue weighted by atomic mass is 9.62. The monoisotopic (exact) mass is 696 g/mol. The number of fused-ring (bicyclic) bond motifs is 9. The summed E-state index contributed by atoms with van der Waals surface area (Å²) in [5.74, 6) is 2.19. The Morgan fingerprint density at radius 3 is 2.46 bits per heavy atom. The zero-order valence-corrected chi connectivity index (χ0v) is 30.0. The Hall–Kier alpha value is -5.87. The van der Waals surface area contributed by atoms with E-state index in [2.05, 4.69) is 179 Å². The van der Waals surface area contributed by atoms with Gasteiger partial charge in [-0.1, -0.05) is 133 Å². The lowest BCUT2D eigenvalue weighted by Gasteiger charge is -2.47. The van der Waals surface area contributed by atoms with Crippen LogP contribution in [0, 0.1) is 11.3 Å². The Bertz CT molecular complexity index is 2740. The van der Waals surface area contributed by atoms with E-state index >= 15 is 0 Å². The summed E-state index contributed by atoms with van der Waals surface area (Å²) >= 11 is 0. The van der Waals surface area contributed by atoms with Crippen LogP contribution in [0.25, 0.3) is 22.9 Å². The normalized spacial score (nSPS) is 31.6. The van der Waals surface area contributed by atoms with Crippen molar-refractivity contribution in [2.75, 3.05) is 4.90 Å². The van der Waals surface area contributed by atoms with Gasteiger partial charge in [0.1, 0.15) is 12.0 Å². The minimum atomic E-state index is 0.0692. The highest BCUT2D eigenvalue weighted by Crippen LogP contribution is 2.69. The average molecular weight is 697 g/mol. The second-order valence-electron chi connectivity index (χ2n) is 16.6. The van der Waals surface area contributed by atoms with Crippen LogP contribution in [-0.2, 0) is 0 Å². The Morgan fingerprint density at radius 2 is 1.56 bits per heavy atom. The third-order valence-electron chi connectivity index (χ3n) is 14.0. The van der Waals surface area contributed by atoms with E-state index in [1.165, 1.54) is 72.8 Å². The van der Waals surface area contributed by atoms with Crippen molar-refractivity contribution in [2.24, 2.45) is 16.3 Å². The predicted octanol–water partition coefficient (Wildman–Crippen LogP) is 8.35. The maximum absolute atomic E-state index is 6.00. The standard InChI is InChI=1S/C50H40N4/c1-2-17-37(18-3-1)53-41-22-10-11-23-42(41)54-46(49(53)54)40-21-12-26-52-47-44(50-29-35-16-7-6-15-33(35)28-36(50)30-50)39-20-9-8-19-38(39)43(45(47)51-48(40)52)34-25-24-31-13-4-5-14-32(31)27-34/h1-10,12-22,24-29,36,43-47,49H,11,23,30H2. The molecule has 0 N–H and O–H groups in total. The Balaban J connectivity index is 0.979. The smallest absolute Gasteiger partial charge is 0.133 e. The van der Waals surface area contributed by atoms with Gasteiger partial charge in [0.2, 0.25) is 0 Å². The largest absolute Gasteiger partial charge is 0.339 e. The van der Waals surface area contributed by atoms with Crippen molar-refractivity contribution in [3.63, 3.8) is 0 Å². The van der Waals surface area contributed by atoms with Crippen LogP contribution >= 0.6 is 0 Å². The lowest BCUT2D eigenvalue weighted by molar-refractivity contribution is 0.243. The number of para-hydroxylation sites is 1. The van der Waals surface area contributed by atoms with Crippen molar-refractivity contribution < 1.29 is 0 Å². The van der Waals surface area contributed by atoms with Crippen LogP contribution in [-0.4, -0.2) is 39.9 Å². The summed E-state index contributed by atoms with van der Waals surface area (Å²) in [7, 11) is 0. The summed E-state index contributed by atoms with van der Waals surface area (Å²) in [4.78, 5) is 13.9. The molecular weight excluding hydrogens is 657 g/mol. The van der Waals surface area contributed by atoms with Crippen LogP contribution in [0.15, 0.2) is 174 Å². The van der Waals surface area contributed by atoms with E-state index in [-0.39, 0.29) is 35.6 Å². The van der Waals surface area contributed by atoms with E-state index < -0.39 is 0 Å². The topological polar surface area (TPSA) is 21.9 Å². The minimum absolute atomic E-state index is 0.0692. The van der Waals surface area contributed by atoms with Gasteiger partial charge in [0.05, 0.1) is 23.8 Å². The van der Waals surface area contributed by atoms with Crippen LogP contribution in [0.4, 0.5) is 5.69 Å². The molecule has 8 atom stereocenters. The molecule has 4 aliphatic heterocycles. The molecule has 54 heavy (non-hydrogen) atoms. The van der Waals surface area contributed by atoms with E-state index in [1.807, 2.05) is 0 Å². The first-order chi connectivity index (χ1) is 26.8. The summed E-state index contributed by atoms with van der Waals surface area (Å²) in [6.07, 6.45) is 20.7. The van der Waals surface area contributed by atoms with E-state index in [4.69, 9.17) is 4.99 Å². The molecular formula is C50H40N4. The van der Waals surface area contributed by atoms with Gasteiger partial charge >= 0.3 is 0 Å². The van der Waals surface area contributed by atoms with Crippen molar-refractivity contribution in [1.82, 2.24) is 9.80 Å². The maximum atomic E-state index is 6.00. The summed E-state index contributed by atoms with van der Waals surface area (Å²) in [5, 5.41) is 5.36. The van der Waals surface area contributed by atoms with Crippen LogP contribution < -0.4 is 15.3 Å². The molecule has 4 nitrogen and oxygen atoms in total. The van der Waals surface area contributed by atoms with Crippen molar-refractivity contribution in [2.45, 2.75) is 55.4 Å². The molecule has 8 aliphatic rings. The molecule has 8 unspecified atom stereocenters. The third kappa shape index (κ3) is 3.90. The molecule has 5 aromatic carbocycles. The first kappa shape index (κ1) is 29.6. The highest BCUT2D eigenvalue weighted by Gasteiger charge is 2.67. The lowest BCUT2D eigenvalue weighted by Crippen LogP contribution is -2.50. The zero-order valence-electron chi connectivity index (χ0n) is 30.0. The number of amidine groups is 1. The molecule has 4 heterocycles. The van der Waals surface area contributed by atoms with Crippen molar-refractivity contribution in [3.05, 3.63) is 196 Å². The molecule has 0 amide bonds. The van der Waals surface area contributed by atoms with E-state index in [0.29, 0.717) is 11.8 Å². The molecule has 0 spiro atoms. The summed E-state index contributed by atoms with van der Waals surface area (Å²) < 4.78 is 0. The predicted molar refractivity (Wildman–Crippen MR) is 218 cm³/mol. The van der Waals surface area contributed by atoms with Gasteiger partial charge in [-0.25, -0.2) is 0 Å². The molecule has 0 aromatic heterocycles. The molecule has 13 rings (SSSR count). The number of rotatable bonds is 4. The van der Waals surface area contributed by atoms with Crippen LogP contribution in [0.1, 0.15) is 47.8 Å². The number of allylic oxidation sites excluding steroid dienone is 5. The van der Waals surface area contributed by atoms with Gasteiger partial charge in [-0.2, -0.15) is 0 Å². The molecule has 0 radical (unpaired) electrons. The Kier molecular flexibility index (Phi) is 5.82. The number of benzene rings is 5. The minimum Gasteiger partial charge on any atom is -0.339 e. The number of anilines is 1. The molecule has 2 fully saturated rings. The van der Waals surface area contributed by atoms with Gasteiger partial charge in [0.25, 0.3) is 0 Å².